The molecule has 0 saturated carbocycles. The lowest BCUT2D eigenvalue weighted by Gasteiger charge is -2.09. The average Bonchev–Trinajstić information content (AvgIpc) is 2.00. The summed E-state index contributed by atoms with van der Waals surface area (Å²) in [5.41, 5.74) is 11.3. The zero-order valence-electron chi connectivity index (χ0n) is 8.78. The first-order valence-electron chi connectivity index (χ1n) is 4.14. The van der Waals surface area contributed by atoms with Crippen LogP contribution in [0.25, 0.3) is 0 Å². The fourth-order valence-corrected chi connectivity index (χ4v) is 0.897. The Bertz CT molecular complexity index is 250. The molecule has 1 heteroatoms. The molecule has 0 fully saturated rings. The fraction of sp³-hybridized carbons (Fsp3) is 0.455. The second-order valence-electron chi connectivity index (χ2n) is 3.34. The molecule has 0 bridgehead atoms. The van der Waals surface area contributed by atoms with Crippen LogP contribution in [0.4, 0.5) is 0 Å². The van der Waals surface area contributed by atoms with Gasteiger partial charge in [0.15, 0.2) is 0 Å². The molecule has 0 amide bonds. The van der Waals surface area contributed by atoms with Gasteiger partial charge in [0.1, 0.15) is 0 Å². The first-order chi connectivity index (χ1) is 5.37. The molecule has 0 saturated heterocycles. The van der Waals surface area contributed by atoms with Crippen LogP contribution >= 0.6 is 0 Å². The van der Waals surface area contributed by atoms with Crippen LogP contribution in [0, 0.1) is 0 Å². The monoisotopic (exact) mass is 165 g/mol. The maximum atomic E-state index is 5.69. The number of allylic oxidation sites excluding steroid dienone is 5. The van der Waals surface area contributed by atoms with E-state index in [1.54, 1.807) is 0 Å². The van der Waals surface area contributed by atoms with Crippen molar-refractivity contribution < 1.29 is 0 Å². The molecule has 0 rings (SSSR count). The normalized spacial score (nSPS) is 15.1. The highest BCUT2D eigenvalue weighted by molar-refractivity contribution is 5.41. The minimum Gasteiger partial charge on any atom is -0.402 e. The molecule has 0 aromatic heterocycles. The van der Waals surface area contributed by atoms with E-state index in [-0.39, 0.29) is 0 Å². The highest BCUT2D eigenvalue weighted by atomic mass is 14.6. The van der Waals surface area contributed by atoms with Crippen molar-refractivity contribution in [1.29, 1.82) is 0 Å². The van der Waals surface area contributed by atoms with E-state index in [4.69, 9.17) is 5.73 Å². The largest absolute Gasteiger partial charge is 0.402 e. The Kier molecular flexibility index (Phi) is 3.81. The fourth-order valence-electron chi connectivity index (χ4n) is 0.897. The number of nitrogens with two attached hydrogens (primary N) is 1. The third-order valence-corrected chi connectivity index (χ3v) is 2.36. The highest BCUT2D eigenvalue weighted by Crippen LogP contribution is 2.19. The van der Waals surface area contributed by atoms with Gasteiger partial charge in [0.25, 0.3) is 0 Å². The van der Waals surface area contributed by atoms with Gasteiger partial charge in [-0.15, -0.1) is 0 Å². The maximum absolute atomic E-state index is 5.69. The quantitative estimate of drug-likeness (QED) is 0.625. The van der Waals surface area contributed by atoms with Crippen LogP contribution in [-0.2, 0) is 0 Å². The second kappa shape index (κ2) is 4.15. The Hall–Kier alpha value is -0.980. The van der Waals surface area contributed by atoms with Gasteiger partial charge in [-0.2, -0.15) is 0 Å². The topological polar surface area (TPSA) is 26.0 Å². The molecule has 0 aliphatic heterocycles. The van der Waals surface area contributed by atoms with Crippen molar-refractivity contribution >= 4 is 0 Å². The van der Waals surface area contributed by atoms with E-state index < -0.39 is 0 Å². The summed E-state index contributed by atoms with van der Waals surface area (Å²) in [7, 11) is 0. The molecule has 0 aliphatic carbocycles. The molecule has 0 radical (unpaired) electrons. The van der Waals surface area contributed by atoms with Crippen molar-refractivity contribution in [3.63, 3.8) is 0 Å². The standard InChI is InChI=1S/C11H19N/c1-7(2)8(3)9(4)10(5)11(6)12/h1,12H2,2-6H3/b9-8-,11-10+. The lowest BCUT2D eigenvalue weighted by Crippen LogP contribution is -1.98. The second-order valence-corrected chi connectivity index (χ2v) is 3.34. The zero-order chi connectivity index (χ0) is 9.89. The summed E-state index contributed by atoms with van der Waals surface area (Å²) in [6, 6.07) is 0. The summed E-state index contributed by atoms with van der Waals surface area (Å²) in [5.74, 6) is 0. The Morgan fingerprint density at radius 3 is 1.50 bits per heavy atom. The summed E-state index contributed by atoms with van der Waals surface area (Å²) >= 11 is 0. The van der Waals surface area contributed by atoms with Crippen LogP contribution in [0.15, 0.2) is 34.6 Å². The van der Waals surface area contributed by atoms with Crippen molar-refractivity contribution in [3.05, 3.63) is 34.6 Å². The van der Waals surface area contributed by atoms with Gasteiger partial charge < -0.3 is 5.73 Å². The molecular weight excluding hydrogens is 146 g/mol. The number of rotatable bonds is 2. The van der Waals surface area contributed by atoms with E-state index in [9.17, 15) is 0 Å². The van der Waals surface area contributed by atoms with Gasteiger partial charge in [-0.25, -0.2) is 0 Å². The predicted molar refractivity (Wildman–Crippen MR) is 55.7 cm³/mol. The van der Waals surface area contributed by atoms with Crippen molar-refractivity contribution in [2.45, 2.75) is 34.6 Å². The van der Waals surface area contributed by atoms with Gasteiger partial charge in [0.05, 0.1) is 0 Å². The third-order valence-electron chi connectivity index (χ3n) is 2.36. The Balaban J connectivity index is 5.06. The molecule has 12 heavy (non-hydrogen) atoms. The minimum absolute atomic E-state index is 0.883. The van der Waals surface area contributed by atoms with E-state index in [2.05, 4.69) is 20.4 Å². The van der Waals surface area contributed by atoms with E-state index >= 15 is 0 Å². The Morgan fingerprint density at radius 1 is 0.833 bits per heavy atom. The molecule has 68 valence electrons. The smallest absolute Gasteiger partial charge is 0.00813 e. The van der Waals surface area contributed by atoms with E-state index in [1.165, 1.54) is 11.1 Å². The average molecular weight is 165 g/mol. The van der Waals surface area contributed by atoms with Gasteiger partial charge in [-0.3, -0.25) is 0 Å². The zero-order valence-corrected chi connectivity index (χ0v) is 8.78. The predicted octanol–water partition coefficient (Wildman–Crippen LogP) is 3.15. The molecule has 0 unspecified atom stereocenters. The lowest BCUT2D eigenvalue weighted by atomic mass is 9.99. The van der Waals surface area contributed by atoms with Crippen LogP contribution < -0.4 is 5.73 Å². The minimum atomic E-state index is 0.883. The molecule has 0 aromatic rings. The van der Waals surface area contributed by atoms with Gasteiger partial charge in [0, 0.05) is 5.70 Å². The molecule has 0 atom stereocenters. The van der Waals surface area contributed by atoms with Crippen molar-refractivity contribution in [1.82, 2.24) is 0 Å². The molecular formula is C11H19N. The Morgan fingerprint density at radius 2 is 1.25 bits per heavy atom. The summed E-state index contributed by atoms with van der Waals surface area (Å²) in [4.78, 5) is 0. The van der Waals surface area contributed by atoms with Crippen LogP contribution in [0.1, 0.15) is 34.6 Å². The van der Waals surface area contributed by atoms with Gasteiger partial charge in [0.2, 0.25) is 0 Å². The summed E-state index contributed by atoms with van der Waals surface area (Å²) in [6.45, 7) is 14.0. The Labute approximate surface area is 75.7 Å². The molecule has 1 nitrogen and oxygen atoms in total. The van der Waals surface area contributed by atoms with Gasteiger partial charge in [-0.05, 0) is 51.3 Å². The van der Waals surface area contributed by atoms with E-state index in [0.29, 0.717) is 0 Å². The van der Waals surface area contributed by atoms with Crippen LogP contribution in [-0.4, -0.2) is 0 Å². The SMILES string of the molecule is C=C(C)/C(C)=C(C)\C(C)=C(/C)N. The lowest BCUT2D eigenvalue weighted by molar-refractivity contribution is 1.15. The summed E-state index contributed by atoms with van der Waals surface area (Å²) in [6.07, 6.45) is 0. The third kappa shape index (κ3) is 2.57. The first kappa shape index (κ1) is 11.0. The van der Waals surface area contributed by atoms with Gasteiger partial charge in [-0.1, -0.05) is 12.2 Å². The molecule has 0 heterocycles. The molecule has 0 aliphatic rings. The first-order valence-corrected chi connectivity index (χ1v) is 4.14. The summed E-state index contributed by atoms with van der Waals surface area (Å²) < 4.78 is 0. The summed E-state index contributed by atoms with van der Waals surface area (Å²) in [5, 5.41) is 0. The van der Waals surface area contributed by atoms with Crippen LogP contribution in [0.2, 0.25) is 0 Å². The molecule has 2 N–H and O–H groups in total. The van der Waals surface area contributed by atoms with E-state index in [0.717, 1.165) is 16.8 Å². The van der Waals surface area contributed by atoms with Crippen molar-refractivity contribution in [2.24, 2.45) is 5.73 Å². The van der Waals surface area contributed by atoms with Crippen LogP contribution in [0.3, 0.4) is 0 Å². The maximum Gasteiger partial charge on any atom is 0.00813 e. The van der Waals surface area contributed by atoms with Crippen molar-refractivity contribution in [2.75, 3.05) is 0 Å². The van der Waals surface area contributed by atoms with Gasteiger partial charge >= 0.3 is 0 Å². The number of hydrogen-bond donors (Lipinski definition) is 1. The molecule has 0 spiro atoms. The highest BCUT2D eigenvalue weighted by Gasteiger charge is 2.01. The molecule has 0 aromatic carbocycles. The van der Waals surface area contributed by atoms with E-state index in [1.807, 2.05) is 20.8 Å². The number of hydrogen-bond acceptors (Lipinski definition) is 1. The van der Waals surface area contributed by atoms with Crippen LogP contribution in [0.5, 0.6) is 0 Å². The van der Waals surface area contributed by atoms with Crippen molar-refractivity contribution in [3.8, 4) is 0 Å².